The number of benzene rings is 1. The van der Waals surface area contributed by atoms with E-state index < -0.39 is 21.0 Å². The van der Waals surface area contributed by atoms with Gasteiger partial charge in [-0.3, -0.25) is 0 Å². The topological polar surface area (TPSA) is 86.5 Å². The second-order valence-electron chi connectivity index (χ2n) is 2.49. The Kier molecular flexibility index (Phi) is 3.03. The zero-order valence-electron chi connectivity index (χ0n) is 6.99. The first-order chi connectivity index (χ1) is 6.49. The summed E-state index contributed by atoms with van der Waals surface area (Å²) >= 11 is 0. The summed E-state index contributed by atoms with van der Waals surface area (Å²) in [5.41, 5.74) is 0.439. The maximum Gasteiger partial charge on any atom is 0.310 e. The van der Waals surface area contributed by atoms with Crippen LogP contribution in [-0.4, -0.2) is 13.5 Å². The fraction of sp³-hybridized carbons (Fsp3) is 0.143. The van der Waals surface area contributed by atoms with Crippen molar-refractivity contribution < 1.29 is 17.8 Å². The van der Waals surface area contributed by atoms with Crippen LogP contribution in [0, 0.1) is 10.1 Å². The molecule has 0 heterocycles. The van der Waals surface area contributed by atoms with E-state index in [-0.39, 0.29) is 0 Å². The molecule has 0 bridgehead atoms. The van der Waals surface area contributed by atoms with Crippen LogP contribution in [0.5, 0.6) is 0 Å². The molecule has 0 unspecified atom stereocenters. The molecule has 1 aromatic carbocycles. The standard InChI is InChI=1S/C7H7NO5S/c9-8(10)13-14(11,12)6-7-4-2-1-3-5-7/h1-5H,6H2. The molecule has 6 nitrogen and oxygen atoms in total. The van der Waals surface area contributed by atoms with Gasteiger partial charge in [0.05, 0.1) is 5.75 Å². The summed E-state index contributed by atoms with van der Waals surface area (Å²) in [6.45, 7) is 0. The Bertz CT molecular complexity index is 413. The molecular formula is C7H7NO5S. The molecule has 1 aromatic rings. The highest BCUT2D eigenvalue weighted by atomic mass is 32.2. The van der Waals surface area contributed by atoms with Crippen LogP contribution in [0.2, 0.25) is 0 Å². The van der Waals surface area contributed by atoms with E-state index in [1.165, 1.54) is 0 Å². The average Bonchev–Trinajstić information content (AvgIpc) is 2.02. The first kappa shape index (κ1) is 10.5. The zero-order valence-corrected chi connectivity index (χ0v) is 7.81. The molecular weight excluding hydrogens is 210 g/mol. The van der Waals surface area contributed by atoms with Gasteiger partial charge in [-0.05, 0) is 5.56 Å². The average molecular weight is 217 g/mol. The molecule has 0 aromatic heterocycles. The van der Waals surface area contributed by atoms with Gasteiger partial charge in [0.2, 0.25) is 0 Å². The quantitative estimate of drug-likeness (QED) is 0.548. The molecule has 1 rings (SSSR count). The van der Waals surface area contributed by atoms with Crippen molar-refractivity contribution in [2.75, 3.05) is 0 Å². The summed E-state index contributed by atoms with van der Waals surface area (Å²) in [6.07, 6.45) is 0. The van der Waals surface area contributed by atoms with E-state index in [2.05, 4.69) is 4.28 Å². The van der Waals surface area contributed by atoms with Crippen LogP contribution in [0.1, 0.15) is 5.56 Å². The van der Waals surface area contributed by atoms with Crippen LogP contribution < -0.4 is 0 Å². The molecule has 0 aliphatic rings. The van der Waals surface area contributed by atoms with Crippen LogP contribution in [0.15, 0.2) is 30.3 Å². The van der Waals surface area contributed by atoms with Crippen molar-refractivity contribution in [2.45, 2.75) is 5.75 Å². The number of hydrogen-bond acceptors (Lipinski definition) is 5. The van der Waals surface area contributed by atoms with E-state index >= 15 is 0 Å². The first-order valence-corrected chi connectivity index (χ1v) is 5.18. The Morgan fingerprint density at radius 1 is 1.29 bits per heavy atom. The molecule has 76 valence electrons. The van der Waals surface area contributed by atoms with Crippen LogP contribution >= 0.6 is 0 Å². The molecule has 0 aliphatic carbocycles. The van der Waals surface area contributed by atoms with Crippen LogP contribution in [0.25, 0.3) is 0 Å². The van der Waals surface area contributed by atoms with Crippen LogP contribution in [-0.2, 0) is 20.2 Å². The van der Waals surface area contributed by atoms with E-state index in [1.807, 2.05) is 0 Å². The fourth-order valence-electron chi connectivity index (χ4n) is 0.897. The third kappa shape index (κ3) is 3.40. The summed E-state index contributed by atoms with van der Waals surface area (Å²) in [4.78, 5) is 9.81. The molecule has 7 heteroatoms. The highest BCUT2D eigenvalue weighted by Gasteiger charge is 2.16. The number of nitrogens with zero attached hydrogens (tertiary/aromatic N) is 1. The molecule has 0 saturated carbocycles. The maximum absolute atomic E-state index is 10.9. The lowest BCUT2D eigenvalue weighted by Crippen LogP contribution is -2.13. The Hall–Kier alpha value is -1.63. The fourth-order valence-corrected chi connectivity index (χ4v) is 1.74. The Labute approximate surface area is 80.4 Å². The van der Waals surface area contributed by atoms with Crippen LogP contribution in [0.3, 0.4) is 0 Å². The van der Waals surface area contributed by atoms with Crippen molar-refractivity contribution in [3.8, 4) is 0 Å². The Balaban J connectivity index is 2.74. The zero-order chi connectivity index (χ0) is 10.6. The first-order valence-electron chi connectivity index (χ1n) is 3.60. The molecule has 0 saturated heterocycles. The van der Waals surface area contributed by atoms with Crippen molar-refractivity contribution in [1.29, 1.82) is 0 Å². The van der Waals surface area contributed by atoms with Crippen molar-refractivity contribution in [2.24, 2.45) is 0 Å². The minimum Gasteiger partial charge on any atom is -0.201 e. The summed E-state index contributed by atoms with van der Waals surface area (Å²) in [6, 6.07) is 8.07. The summed E-state index contributed by atoms with van der Waals surface area (Å²) in [5.74, 6) is -0.505. The minimum atomic E-state index is -4.13. The predicted molar refractivity (Wildman–Crippen MR) is 47.1 cm³/mol. The SMILES string of the molecule is O=[N+]([O-])OS(=O)(=O)Cc1ccccc1. The van der Waals surface area contributed by atoms with E-state index in [1.54, 1.807) is 30.3 Å². The molecule has 0 fully saturated rings. The summed E-state index contributed by atoms with van der Waals surface area (Å²) in [5, 5.41) is 8.47. The molecule has 0 spiro atoms. The van der Waals surface area contributed by atoms with Gasteiger partial charge in [0.15, 0.2) is 0 Å². The van der Waals surface area contributed by atoms with Gasteiger partial charge in [-0.2, -0.15) is 4.28 Å². The highest BCUT2D eigenvalue weighted by molar-refractivity contribution is 7.85. The normalized spacial score (nSPS) is 10.9. The van der Waals surface area contributed by atoms with Gasteiger partial charge >= 0.3 is 15.2 Å². The molecule has 0 N–H and O–H groups in total. The minimum absolute atomic E-state index is 0.439. The lowest BCUT2D eigenvalue weighted by atomic mass is 10.2. The molecule has 0 aliphatic heterocycles. The van der Waals surface area contributed by atoms with Gasteiger partial charge in [0.1, 0.15) is 0 Å². The number of rotatable bonds is 4. The smallest absolute Gasteiger partial charge is 0.201 e. The molecule has 14 heavy (non-hydrogen) atoms. The third-order valence-corrected chi connectivity index (χ3v) is 2.40. The van der Waals surface area contributed by atoms with Crippen molar-refractivity contribution >= 4 is 10.1 Å². The summed E-state index contributed by atoms with van der Waals surface area (Å²) < 4.78 is 25.4. The highest BCUT2D eigenvalue weighted by Crippen LogP contribution is 2.06. The lowest BCUT2D eigenvalue weighted by Gasteiger charge is -2.00. The summed E-state index contributed by atoms with van der Waals surface area (Å²) in [7, 11) is -4.13. The van der Waals surface area contributed by atoms with Gasteiger partial charge in [-0.15, -0.1) is 10.1 Å². The number of hydrogen-bond donors (Lipinski definition) is 0. The largest absolute Gasteiger partial charge is 0.310 e. The Morgan fingerprint density at radius 2 is 1.86 bits per heavy atom. The molecule has 0 amide bonds. The Morgan fingerprint density at radius 3 is 2.36 bits per heavy atom. The molecule has 0 radical (unpaired) electrons. The van der Waals surface area contributed by atoms with E-state index in [4.69, 9.17) is 0 Å². The maximum atomic E-state index is 10.9. The van der Waals surface area contributed by atoms with E-state index in [0.717, 1.165) is 0 Å². The van der Waals surface area contributed by atoms with Gasteiger partial charge in [0, 0.05) is 0 Å². The lowest BCUT2D eigenvalue weighted by molar-refractivity contribution is -0.711. The van der Waals surface area contributed by atoms with E-state index in [0.29, 0.717) is 5.56 Å². The van der Waals surface area contributed by atoms with Crippen molar-refractivity contribution in [1.82, 2.24) is 0 Å². The van der Waals surface area contributed by atoms with Gasteiger partial charge < -0.3 is 0 Å². The second-order valence-corrected chi connectivity index (χ2v) is 4.04. The van der Waals surface area contributed by atoms with Gasteiger partial charge in [-0.25, -0.2) is 8.42 Å². The molecule has 0 atom stereocenters. The van der Waals surface area contributed by atoms with Crippen LogP contribution in [0.4, 0.5) is 0 Å². The van der Waals surface area contributed by atoms with Crippen molar-refractivity contribution in [3.63, 3.8) is 0 Å². The van der Waals surface area contributed by atoms with Gasteiger partial charge in [0.25, 0.3) is 0 Å². The second kappa shape index (κ2) is 4.05. The predicted octanol–water partition coefficient (Wildman–Crippen LogP) is 0.725. The van der Waals surface area contributed by atoms with Crippen molar-refractivity contribution in [3.05, 3.63) is 46.0 Å². The monoisotopic (exact) mass is 217 g/mol. The van der Waals surface area contributed by atoms with Gasteiger partial charge in [-0.1, -0.05) is 30.3 Å². The third-order valence-electron chi connectivity index (χ3n) is 1.36. The van der Waals surface area contributed by atoms with E-state index in [9.17, 15) is 18.5 Å².